The zero-order valence-electron chi connectivity index (χ0n) is 17.0. The minimum Gasteiger partial charge on any atom is -0.480 e. The molecule has 0 amide bonds. The third kappa shape index (κ3) is 5.93. The number of carboxylic acid groups (broad SMARTS) is 1. The first-order valence-corrected chi connectivity index (χ1v) is 11.2. The largest absolute Gasteiger partial charge is 0.480 e. The van der Waals surface area contributed by atoms with Gasteiger partial charge in [-0.15, -0.1) is 0 Å². The van der Waals surface area contributed by atoms with E-state index in [-0.39, 0.29) is 6.42 Å². The van der Waals surface area contributed by atoms with Gasteiger partial charge >= 0.3 is 12.1 Å². The van der Waals surface area contributed by atoms with Gasteiger partial charge in [-0.05, 0) is 17.5 Å². The second-order valence-electron chi connectivity index (χ2n) is 7.34. The van der Waals surface area contributed by atoms with Crippen LogP contribution < -0.4 is 11.3 Å². The fourth-order valence-electron chi connectivity index (χ4n) is 2.87. The molecule has 9 nitrogen and oxygen atoms in total. The highest BCUT2D eigenvalue weighted by Gasteiger charge is 2.54. The highest BCUT2D eigenvalue weighted by atomic mass is 32.2. The van der Waals surface area contributed by atoms with Crippen molar-refractivity contribution in [1.29, 1.82) is 4.78 Å². The quantitative estimate of drug-likeness (QED) is 0.426. The van der Waals surface area contributed by atoms with Crippen LogP contribution in [0, 0.1) is 4.78 Å². The number of aromatic nitrogens is 2. The predicted molar refractivity (Wildman–Crippen MR) is 110 cm³/mol. The zero-order valence-corrected chi connectivity index (χ0v) is 17.8. The minimum atomic E-state index is -5.13. The Hall–Kier alpha value is -2.77. The molecule has 0 saturated carbocycles. The molecule has 2 rings (SSSR count). The highest BCUT2D eigenvalue weighted by molar-refractivity contribution is 7.92. The summed E-state index contributed by atoms with van der Waals surface area (Å²) in [5, 5.41) is 23.0. The number of carboxylic acids is 1. The Balaban J connectivity index is 2.26. The van der Waals surface area contributed by atoms with Crippen LogP contribution in [0.2, 0.25) is 0 Å². The molecule has 2 aromatic rings. The number of benzene rings is 1. The van der Waals surface area contributed by atoms with Crippen molar-refractivity contribution in [3.05, 3.63) is 52.4 Å². The third-order valence-corrected chi connectivity index (χ3v) is 6.76. The van der Waals surface area contributed by atoms with Gasteiger partial charge in [0, 0.05) is 46.3 Å². The van der Waals surface area contributed by atoms with Gasteiger partial charge in [-0.2, -0.15) is 18.3 Å². The number of nitrogens with zero attached hydrogens (tertiary/aromatic N) is 2. The molecule has 0 aliphatic rings. The molecule has 3 atom stereocenters. The maximum Gasteiger partial charge on any atom is 0.421 e. The fraction of sp³-hybridized carbons (Fsp3) is 0.421. The topological polar surface area (TPSA) is 159 Å². The van der Waals surface area contributed by atoms with E-state index in [2.05, 4.69) is 5.10 Å². The van der Waals surface area contributed by atoms with Crippen LogP contribution in [-0.2, 0) is 27.2 Å². The number of hydrogen-bond acceptors (Lipinski definition) is 7. The molecule has 0 aliphatic carbocycles. The van der Waals surface area contributed by atoms with Gasteiger partial charge in [-0.3, -0.25) is 14.4 Å². The molecule has 0 aliphatic heterocycles. The second kappa shape index (κ2) is 9.38. The van der Waals surface area contributed by atoms with Crippen molar-refractivity contribution in [2.24, 2.45) is 12.8 Å². The summed E-state index contributed by atoms with van der Waals surface area (Å²) in [7, 11) is -2.18. The van der Waals surface area contributed by atoms with Crippen LogP contribution in [-0.4, -0.2) is 53.9 Å². The summed E-state index contributed by atoms with van der Waals surface area (Å²) in [6, 6.07) is 4.51. The number of carbonyl (C=O) groups is 1. The van der Waals surface area contributed by atoms with Gasteiger partial charge < -0.3 is 15.9 Å². The van der Waals surface area contributed by atoms with E-state index >= 15 is 0 Å². The minimum absolute atomic E-state index is 0.346. The van der Waals surface area contributed by atoms with E-state index in [4.69, 9.17) is 15.6 Å². The van der Waals surface area contributed by atoms with Crippen molar-refractivity contribution in [2.75, 3.05) is 11.5 Å². The molecule has 1 aromatic heterocycles. The normalized spacial score (nSPS) is 16.7. The smallest absolute Gasteiger partial charge is 0.421 e. The van der Waals surface area contributed by atoms with Gasteiger partial charge in [0.1, 0.15) is 6.04 Å². The lowest BCUT2D eigenvalue weighted by Gasteiger charge is -2.31. The third-order valence-electron chi connectivity index (χ3n) is 5.00. The van der Waals surface area contributed by atoms with E-state index in [9.17, 15) is 32.1 Å². The number of nitrogens with two attached hydrogens (primary N) is 1. The summed E-state index contributed by atoms with van der Waals surface area (Å²) in [6.07, 6.45) is -5.18. The van der Waals surface area contributed by atoms with Crippen molar-refractivity contribution in [3.63, 3.8) is 0 Å². The number of rotatable bonds is 9. The standard InChI is InChI=1S/C19H23F3N4O5S/c1-26-16(27)10-13(11-25-26)12-2-4-14(5-3-12)18(30,19(20,21)22)7-9-32(24,31)8-6-15(23)17(28)29/h2-5,10-11,15,24,30H,6-9,23H2,1H3,(H,28,29)/t15-,18?,32?/m0/s1. The van der Waals surface area contributed by atoms with Gasteiger partial charge in [0.2, 0.25) is 0 Å². The summed E-state index contributed by atoms with van der Waals surface area (Å²) in [5.41, 5.74) is 1.74. The predicted octanol–water partition coefficient (Wildman–Crippen LogP) is 1.44. The first-order chi connectivity index (χ1) is 14.7. The maximum absolute atomic E-state index is 13.8. The number of halogens is 3. The Morgan fingerprint density at radius 3 is 2.34 bits per heavy atom. The van der Waals surface area contributed by atoms with E-state index < -0.39 is 62.6 Å². The van der Waals surface area contributed by atoms with Gasteiger partial charge in [-0.1, -0.05) is 24.3 Å². The fourth-order valence-corrected chi connectivity index (χ4v) is 4.33. The molecule has 0 fully saturated rings. The average Bonchev–Trinajstić information content (AvgIpc) is 2.71. The Kier molecular flexibility index (Phi) is 7.47. The number of aliphatic carboxylic acids is 1. The molecule has 13 heteroatoms. The van der Waals surface area contributed by atoms with Crippen LogP contribution in [0.25, 0.3) is 11.1 Å². The molecule has 0 spiro atoms. The molecule has 0 bridgehead atoms. The molecule has 0 radical (unpaired) electrons. The molecule has 0 saturated heterocycles. The average molecular weight is 476 g/mol. The molecule has 176 valence electrons. The molecular formula is C19H23F3N4O5S. The molecule has 1 heterocycles. The van der Waals surface area contributed by atoms with Gasteiger partial charge in [0.15, 0.2) is 5.60 Å². The summed E-state index contributed by atoms with van der Waals surface area (Å²) in [4.78, 5) is 22.4. The Morgan fingerprint density at radius 2 is 1.84 bits per heavy atom. The molecule has 32 heavy (non-hydrogen) atoms. The Morgan fingerprint density at radius 1 is 1.25 bits per heavy atom. The molecule has 2 unspecified atom stereocenters. The summed E-state index contributed by atoms with van der Waals surface area (Å²) < 4.78 is 62.4. The van der Waals surface area contributed by atoms with Crippen LogP contribution in [0.3, 0.4) is 0 Å². The van der Waals surface area contributed by atoms with Gasteiger partial charge in [0.05, 0.1) is 6.20 Å². The summed E-state index contributed by atoms with van der Waals surface area (Å²) in [6.45, 7) is 0. The van der Waals surface area contributed by atoms with E-state index in [1.807, 2.05) is 0 Å². The van der Waals surface area contributed by atoms with E-state index in [1.165, 1.54) is 31.4 Å². The number of alkyl halides is 3. The van der Waals surface area contributed by atoms with Crippen molar-refractivity contribution >= 4 is 15.7 Å². The molecule has 1 aromatic carbocycles. The first kappa shape index (κ1) is 25.5. The van der Waals surface area contributed by atoms with E-state index in [0.29, 0.717) is 11.1 Å². The lowest BCUT2D eigenvalue weighted by atomic mass is 9.89. The maximum atomic E-state index is 13.8. The molecule has 5 N–H and O–H groups in total. The van der Waals surface area contributed by atoms with Crippen molar-refractivity contribution in [3.8, 4) is 11.1 Å². The van der Waals surface area contributed by atoms with Crippen LogP contribution in [0.15, 0.2) is 41.3 Å². The van der Waals surface area contributed by atoms with Crippen LogP contribution in [0.1, 0.15) is 18.4 Å². The number of aliphatic hydroxyl groups is 1. The van der Waals surface area contributed by atoms with Crippen molar-refractivity contribution < 1.29 is 32.4 Å². The number of nitrogens with one attached hydrogen (secondary N) is 1. The number of hydrogen-bond donors (Lipinski definition) is 4. The van der Waals surface area contributed by atoms with E-state index in [1.54, 1.807) is 0 Å². The van der Waals surface area contributed by atoms with Crippen LogP contribution in [0.4, 0.5) is 13.2 Å². The second-order valence-corrected chi connectivity index (χ2v) is 9.79. The monoisotopic (exact) mass is 476 g/mol. The lowest BCUT2D eigenvalue weighted by molar-refractivity contribution is -0.267. The van der Waals surface area contributed by atoms with E-state index in [0.717, 1.165) is 16.8 Å². The van der Waals surface area contributed by atoms with Gasteiger partial charge in [0.25, 0.3) is 5.56 Å². The number of aryl methyl sites for hydroxylation is 1. The highest BCUT2D eigenvalue weighted by Crippen LogP contribution is 2.42. The molecular weight excluding hydrogens is 453 g/mol. The Labute approximate surface area is 181 Å². The van der Waals surface area contributed by atoms with Gasteiger partial charge in [-0.25, -0.2) is 8.89 Å². The zero-order chi connectivity index (χ0) is 24.3. The van der Waals surface area contributed by atoms with Crippen molar-refractivity contribution in [2.45, 2.75) is 30.7 Å². The van der Waals surface area contributed by atoms with Crippen molar-refractivity contribution in [1.82, 2.24) is 9.78 Å². The van der Waals surface area contributed by atoms with Crippen LogP contribution >= 0.6 is 0 Å². The lowest BCUT2D eigenvalue weighted by Crippen LogP contribution is -2.44. The summed E-state index contributed by atoms with van der Waals surface area (Å²) >= 11 is 0. The SMILES string of the molecule is Cn1ncc(-c2ccc(C(O)(CCS(=N)(=O)CC[C@H](N)C(=O)O)C(F)(F)F)cc2)cc1=O. The Bertz CT molecular complexity index is 1130. The van der Waals surface area contributed by atoms with Crippen LogP contribution in [0.5, 0.6) is 0 Å². The first-order valence-electron chi connectivity index (χ1n) is 9.32. The summed E-state index contributed by atoms with van der Waals surface area (Å²) in [5.74, 6) is -2.70.